The molecule has 1 aromatic rings. The van der Waals surface area contributed by atoms with Gasteiger partial charge in [-0.2, -0.15) is 0 Å². The summed E-state index contributed by atoms with van der Waals surface area (Å²) in [5, 5.41) is 0. The lowest BCUT2D eigenvalue weighted by Gasteiger charge is -2.05. The van der Waals surface area contributed by atoms with Crippen molar-refractivity contribution in [3.8, 4) is 0 Å². The van der Waals surface area contributed by atoms with Gasteiger partial charge in [-0.25, -0.2) is 4.98 Å². The quantitative estimate of drug-likeness (QED) is 0.459. The van der Waals surface area contributed by atoms with Crippen LogP contribution < -0.4 is 5.73 Å². The standard InChI is InChI=1S/C19H34N2/c1-2-3-4-5-6-7-8-9-10-11-12-13-15-18-16-14-17-21-19(18)20/h14,16-17H,2-13,15H2,1H3,(H2,20,21). The summed E-state index contributed by atoms with van der Waals surface area (Å²) in [4.78, 5) is 4.13. The van der Waals surface area contributed by atoms with Crippen LogP contribution in [0.25, 0.3) is 0 Å². The Morgan fingerprint density at radius 3 is 1.86 bits per heavy atom. The SMILES string of the molecule is CCCCCCCCCCCCCCc1cccnc1N. The van der Waals surface area contributed by atoms with Gasteiger partial charge in [-0.05, 0) is 24.5 Å². The van der Waals surface area contributed by atoms with Crippen molar-refractivity contribution in [1.82, 2.24) is 4.98 Å². The van der Waals surface area contributed by atoms with Gasteiger partial charge in [0.15, 0.2) is 0 Å². The van der Waals surface area contributed by atoms with Crippen LogP contribution in [0.2, 0.25) is 0 Å². The van der Waals surface area contributed by atoms with Crippen molar-refractivity contribution < 1.29 is 0 Å². The van der Waals surface area contributed by atoms with Crippen LogP contribution in [0.3, 0.4) is 0 Å². The zero-order valence-electron chi connectivity index (χ0n) is 13.9. The van der Waals surface area contributed by atoms with Gasteiger partial charge in [0.2, 0.25) is 0 Å². The van der Waals surface area contributed by atoms with E-state index in [9.17, 15) is 0 Å². The van der Waals surface area contributed by atoms with Crippen LogP contribution >= 0.6 is 0 Å². The van der Waals surface area contributed by atoms with Crippen molar-refractivity contribution in [3.05, 3.63) is 23.9 Å². The van der Waals surface area contributed by atoms with Crippen LogP contribution in [0.4, 0.5) is 5.82 Å². The fourth-order valence-electron chi connectivity index (χ4n) is 2.82. The Bertz CT molecular complexity index is 349. The monoisotopic (exact) mass is 290 g/mol. The molecule has 0 atom stereocenters. The molecular formula is C19H34N2. The molecule has 0 saturated heterocycles. The fourth-order valence-corrected chi connectivity index (χ4v) is 2.82. The summed E-state index contributed by atoms with van der Waals surface area (Å²) >= 11 is 0. The molecule has 0 aliphatic carbocycles. The molecular weight excluding hydrogens is 256 g/mol. The predicted octanol–water partition coefficient (Wildman–Crippen LogP) is 5.91. The second-order valence-electron chi connectivity index (χ2n) is 6.19. The highest BCUT2D eigenvalue weighted by Gasteiger charge is 1.99. The summed E-state index contributed by atoms with van der Waals surface area (Å²) in [7, 11) is 0. The van der Waals surface area contributed by atoms with E-state index in [0.717, 1.165) is 6.42 Å². The third kappa shape index (κ3) is 9.49. The Balaban J connectivity index is 1.84. The smallest absolute Gasteiger partial charge is 0.126 e. The topological polar surface area (TPSA) is 38.9 Å². The number of anilines is 1. The molecule has 1 aromatic heterocycles. The number of aromatic nitrogens is 1. The Kier molecular flexibility index (Phi) is 10.9. The molecule has 0 aromatic carbocycles. The maximum atomic E-state index is 5.85. The molecule has 1 heterocycles. The first-order valence-electron chi connectivity index (χ1n) is 9.04. The fraction of sp³-hybridized carbons (Fsp3) is 0.737. The Hall–Kier alpha value is -1.05. The molecule has 0 saturated carbocycles. The van der Waals surface area contributed by atoms with E-state index in [-0.39, 0.29) is 0 Å². The van der Waals surface area contributed by atoms with Gasteiger partial charge in [-0.15, -0.1) is 0 Å². The summed E-state index contributed by atoms with van der Waals surface area (Å²) < 4.78 is 0. The van der Waals surface area contributed by atoms with Crippen molar-refractivity contribution in [1.29, 1.82) is 0 Å². The molecule has 2 N–H and O–H groups in total. The number of aryl methyl sites for hydroxylation is 1. The molecule has 2 nitrogen and oxygen atoms in total. The number of unbranched alkanes of at least 4 members (excludes halogenated alkanes) is 11. The zero-order chi connectivity index (χ0) is 15.2. The second kappa shape index (κ2) is 12.7. The van der Waals surface area contributed by atoms with Gasteiger partial charge in [-0.3, -0.25) is 0 Å². The molecule has 21 heavy (non-hydrogen) atoms. The van der Waals surface area contributed by atoms with Gasteiger partial charge in [0.1, 0.15) is 5.82 Å². The van der Waals surface area contributed by atoms with E-state index in [1.165, 1.54) is 82.6 Å². The highest BCUT2D eigenvalue weighted by Crippen LogP contribution is 2.14. The first-order chi connectivity index (χ1) is 10.3. The van der Waals surface area contributed by atoms with Crippen LogP contribution in [0.1, 0.15) is 89.5 Å². The van der Waals surface area contributed by atoms with E-state index in [1.807, 2.05) is 6.07 Å². The molecule has 0 aliphatic heterocycles. The van der Waals surface area contributed by atoms with Crippen LogP contribution in [-0.2, 0) is 6.42 Å². The summed E-state index contributed by atoms with van der Waals surface area (Å²) in [6, 6.07) is 4.08. The van der Waals surface area contributed by atoms with Gasteiger partial charge in [-0.1, -0.05) is 83.6 Å². The number of nitrogens with two attached hydrogens (primary N) is 1. The van der Waals surface area contributed by atoms with Gasteiger partial charge in [0.05, 0.1) is 0 Å². The summed E-state index contributed by atoms with van der Waals surface area (Å²) in [5.41, 5.74) is 7.06. The van der Waals surface area contributed by atoms with Crippen LogP contribution in [0.15, 0.2) is 18.3 Å². The normalized spacial score (nSPS) is 10.9. The average Bonchev–Trinajstić information content (AvgIpc) is 2.50. The van der Waals surface area contributed by atoms with Gasteiger partial charge in [0.25, 0.3) is 0 Å². The molecule has 0 aliphatic rings. The molecule has 0 spiro atoms. The third-order valence-electron chi connectivity index (χ3n) is 4.23. The maximum absolute atomic E-state index is 5.85. The van der Waals surface area contributed by atoms with E-state index in [2.05, 4.69) is 18.0 Å². The number of hydrogen-bond donors (Lipinski definition) is 1. The Morgan fingerprint density at radius 1 is 0.810 bits per heavy atom. The second-order valence-corrected chi connectivity index (χ2v) is 6.19. The van der Waals surface area contributed by atoms with E-state index < -0.39 is 0 Å². The number of pyridine rings is 1. The van der Waals surface area contributed by atoms with Gasteiger partial charge in [0, 0.05) is 6.20 Å². The number of nitrogens with zero attached hydrogens (tertiary/aromatic N) is 1. The molecule has 0 fully saturated rings. The molecule has 0 bridgehead atoms. The van der Waals surface area contributed by atoms with Crippen molar-refractivity contribution in [3.63, 3.8) is 0 Å². The first-order valence-corrected chi connectivity index (χ1v) is 9.04. The lowest BCUT2D eigenvalue weighted by Crippen LogP contribution is -1.97. The minimum atomic E-state index is 0.709. The van der Waals surface area contributed by atoms with E-state index >= 15 is 0 Å². The largest absolute Gasteiger partial charge is 0.383 e. The van der Waals surface area contributed by atoms with Crippen LogP contribution in [0.5, 0.6) is 0 Å². The summed E-state index contributed by atoms with van der Waals surface area (Å²) in [6.07, 6.45) is 19.6. The van der Waals surface area contributed by atoms with Crippen LogP contribution in [-0.4, -0.2) is 4.98 Å². The highest BCUT2D eigenvalue weighted by molar-refractivity contribution is 5.38. The lowest BCUT2D eigenvalue weighted by molar-refractivity contribution is 0.544. The third-order valence-corrected chi connectivity index (χ3v) is 4.23. The van der Waals surface area contributed by atoms with Crippen LogP contribution in [0, 0.1) is 0 Å². The van der Waals surface area contributed by atoms with Crippen molar-refractivity contribution in [2.45, 2.75) is 90.4 Å². The number of nitrogen functional groups attached to an aromatic ring is 1. The zero-order valence-corrected chi connectivity index (χ0v) is 13.9. The Labute approximate surface area is 131 Å². The molecule has 0 unspecified atom stereocenters. The molecule has 2 heteroatoms. The maximum Gasteiger partial charge on any atom is 0.126 e. The minimum Gasteiger partial charge on any atom is -0.383 e. The number of rotatable bonds is 13. The van der Waals surface area contributed by atoms with E-state index in [0.29, 0.717) is 5.82 Å². The van der Waals surface area contributed by atoms with E-state index in [1.54, 1.807) is 6.20 Å². The predicted molar refractivity (Wildman–Crippen MR) is 93.4 cm³/mol. The summed E-state index contributed by atoms with van der Waals surface area (Å²) in [5.74, 6) is 0.709. The lowest BCUT2D eigenvalue weighted by atomic mass is 10.0. The molecule has 1 rings (SSSR count). The van der Waals surface area contributed by atoms with Crippen molar-refractivity contribution >= 4 is 5.82 Å². The minimum absolute atomic E-state index is 0.709. The summed E-state index contributed by atoms with van der Waals surface area (Å²) in [6.45, 7) is 2.28. The molecule has 120 valence electrons. The van der Waals surface area contributed by atoms with Gasteiger partial charge >= 0.3 is 0 Å². The van der Waals surface area contributed by atoms with Crippen molar-refractivity contribution in [2.75, 3.05) is 5.73 Å². The number of hydrogen-bond acceptors (Lipinski definition) is 2. The molecule has 0 radical (unpaired) electrons. The van der Waals surface area contributed by atoms with Gasteiger partial charge < -0.3 is 5.73 Å². The average molecular weight is 290 g/mol. The first kappa shape index (κ1) is 18.0. The van der Waals surface area contributed by atoms with Crippen molar-refractivity contribution in [2.24, 2.45) is 0 Å². The van der Waals surface area contributed by atoms with E-state index in [4.69, 9.17) is 5.73 Å². The molecule has 0 amide bonds. The Morgan fingerprint density at radius 2 is 1.33 bits per heavy atom. The highest BCUT2D eigenvalue weighted by atomic mass is 14.8.